The molecule has 0 saturated carbocycles. The van der Waals surface area contributed by atoms with Crippen LogP contribution >= 0.6 is 0 Å². The van der Waals surface area contributed by atoms with Gasteiger partial charge in [0, 0.05) is 17.7 Å². The van der Waals surface area contributed by atoms with Gasteiger partial charge >= 0.3 is 0 Å². The van der Waals surface area contributed by atoms with E-state index in [1.807, 2.05) is 38.1 Å². The molecular weight excluding hydrogens is 252 g/mol. The number of rotatable bonds is 5. The maximum atomic E-state index is 12.0. The van der Waals surface area contributed by atoms with E-state index in [0.717, 1.165) is 24.0 Å². The van der Waals surface area contributed by atoms with Crippen LogP contribution in [0.2, 0.25) is 0 Å². The van der Waals surface area contributed by atoms with E-state index < -0.39 is 0 Å². The smallest absolute Gasteiger partial charge is 0.273 e. The van der Waals surface area contributed by atoms with E-state index in [2.05, 4.69) is 17.4 Å². The van der Waals surface area contributed by atoms with Crippen molar-refractivity contribution in [1.29, 1.82) is 0 Å². The predicted molar refractivity (Wildman–Crippen MR) is 78.5 cm³/mol. The highest BCUT2D eigenvalue weighted by Crippen LogP contribution is 2.21. The molecule has 0 bridgehead atoms. The minimum atomic E-state index is -0.186. The van der Waals surface area contributed by atoms with Crippen molar-refractivity contribution in [2.24, 2.45) is 0 Å². The van der Waals surface area contributed by atoms with Gasteiger partial charge in [-0.15, -0.1) is 0 Å². The van der Waals surface area contributed by atoms with E-state index in [1.165, 1.54) is 0 Å². The number of nitrogens with one attached hydrogen (secondary N) is 1. The Morgan fingerprint density at radius 1 is 1.40 bits per heavy atom. The lowest BCUT2D eigenvalue weighted by molar-refractivity contribution is 0.0929. The minimum absolute atomic E-state index is 0.145. The van der Waals surface area contributed by atoms with Crippen LogP contribution in [0.3, 0.4) is 0 Å². The number of carbonyl (C=O) groups is 1. The largest absolute Gasteiger partial charge is 0.355 e. The first-order chi connectivity index (χ1) is 9.60. The topological polar surface area (TPSA) is 55.1 Å². The van der Waals surface area contributed by atoms with Crippen molar-refractivity contribution in [3.05, 3.63) is 41.6 Å². The first-order valence-electron chi connectivity index (χ1n) is 6.94. The van der Waals surface area contributed by atoms with Gasteiger partial charge in [0.05, 0.1) is 0 Å². The lowest BCUT2D eigenvalue weighted by Gasteiger charge is -2.10. The number of benzene rings is 1. The summed E-state index contributed by atoms with van der Waals surface area (Å²) in [5.41, 5.74) is 2.39. The molecule has 1 heterocycles. The molecule has 0 aliphatic heterocycles. The van der Waals surface area contributed by atoms with Gasteiger partial charge in [-0.05, 0) is 26.3 Å². The summed E-state index contributed by atoms with van der Waals surface area (Å²) in [5, 5.41) is 6.76. The quantitative estimate of drug-likeness (QED) is 0.905. The van der Waals surface area contributed by atoms with E-state index in [1.54, 1.807) is 6.07 Å². The summed E-state index contributed by atoms with van der Waals surface area (Å²) in [5.74, 6) is 0.426. The summed E-state index contributed by atoms with van der Waals surface area (Å²) in [7, 11) is 0. The summed E-state index contributed by atoms with van der Waals surface area (Å²) in [6, 6.07) is 9.74. The third-order valence-electron chi connectivity index (χ3n) is 3.14. The molecule has 0 aliphatic carbocycles. The molecule has 2 aromatic rings. The highest BCUT2D eigenvalue weighted by atomic mass is 16.5. The van der Waals surface area contributed by atoms with Crippen LogP contribution in [-0.4, -0.2) is 17.1 Å². The van der Waals surface area contributed by atoms with Crippen LogP contribution in [0, 0.1) is 6.92 Å². The molecule has 1 aromatic heterocycles. The molecule has 0 radical (unpaired) electrons. The average Bonchev–Trinajstić information content (AvgIpc) is 2.88. The molecule has 4 heteroatoms. The fourth-order valence-corrected chi connectivity index (χ4v) is 2.12. The Balaban J connectivity index is 2.11. The Hall–Kier alpha value is -2.10. The first-order valence-corrected chi connectivity index (χ1v) is 6.94. The molecule has 0 spiro atoms. The lowest BCUT2D eigenvalue weighted by atomic mass is 10.1. The van der Waals surface area contributed by atoms with Crippen molar-refractivity contribution in [3.63, 3.8) is 0 Å². The third-order valence-corrected chi connectivity index (χ3v) is 3.14. The first kappa shape index (κ1) is 14.3. The van der Waals surface area contributed by atoms with E-state index in [4.69, 9.17) is 4.52 Å². The van der Waals surface area contributed by atoms with Gasteiger partial charge in [-0.1, -0.05) is 42.3 Å². The van der Waals surface area contributed by atoms with Gasteiger partial charge in [0.15, 0.2) is 11.5 Å². The number of amides is 1. The van der Waals surface area contributed by atoms with Crippen molar-refractivity contribution >= 4 is 5.91 Å². The molecule has 0 aliphatic rings. The highest BCUT2D eigenvalue weighted by Gasteiger charge is 2.15. The van der Waals surface area contributed by atoms with Gasteiger partial charge in [0.1, 0.15) is 0 Å². The highest BCUT2D eigenvalue weighted by molar-refractivity contribution is 5.93. The Morgan fingerprint density at radius 3 is 2.90 bits per heavy atom. The monoisotopic (exact) mass is 272 g/mol. The number of aryl methyl sites for hydroxylation is 1. The zero-order chi connectivity index (χ0) is 14.5. The van der Waals surface area contributed by atoms with Crippen molar-refractivity contribution < 1.29 is 9.32 Å². The zero-order valence-electron chi connectivity index (χ0n) is 12.1. The fraction of sp³-hybridized carbons (Fsp3) is 0.375. The number of hydrogen-bond acceptors (Lipinski definition) is 3. The van der Waals surface area contributed by atoms with Gasteiger partial charge in [0.2, 0.25) is 0 Å². The van der Waals surface area contributed by atoms with Gasteiger partial charge < -0.3 is 9.84 Å². The van der Waals surface area contributed by atoms with Crippen LogP contribution in [0.1, 0.15) is 42.7 Å². The average molecular weight is 272 g/mol. The summed E-state index contributed by atoms with van der Waals surface area (Å²) in [6.07, 6.45) is 1.99. The van der Waals surface area contributed by atoms with Crippen molar-refractivity contribution in [2.75, 3.05) is 0 Å². The number of aromatic nitrogens is 1. The van der Waals surface area contributed by atoms with Crippen LogP contribution in [0.15, 0.2) is 34.9 Å². The maximum absolute atomic E-state index is 12.0. The summed E-state index contributed by atoms with van der Waals surface area (Å²) < 4.78 is 5.26. The number of nitrogens with zero attached hydrogens (tertiary/aromatic N) is 1. The SMILES string of the molecule is CCC[C@H](C)NC(=O)c1cc(-c2cccc(C)c2)on1. The van der Waals surface area contributed by atoms with E-state index in [0.29, 0.717) is 11.5 Å². The van der Waals surface area contributed by atoms with Crippen molar-refractivity contribution in [1.82, 2.24) is 10.5 Å². The van der Waals surface area contributed by atoms with Crippen LogP contribution in [0.5, 0.6) is 0 Å². The number of carbonyl (C=O) groups excluding carboxylic acids is 1. The molecule has 2 rings (SSSR count). The Bertz CT molecular complexity index is 590. The van der Waals surface area contributed by atoms with Gasteiger partial charge in [-0.2, -0.15) is 0 Å². The maximum Gasteiger partial charge on any atom is 0.273 e. The zero-order valence-corrected chi connectivity index (χ0v) is 12.1. The third kappa shape index (κ3) is 3.47. The molecule has 0 saturated heterocycles. The van der Waals surface area contributed by atoms with Gasteiger partial charge in [0.25, 0.3) is 5.91 Å². The van der Waals surface area contributed by atoms with Crippen LogP contribution in [-0.2, 0) is 0 Å². The molecular formula is C16H20N2O2. The summed E-state index contributed by atoms with van der Waals surface area (Å²) >= 11 is 0. The van der Waals surface area contributed by atoms with Gasteiger partial charge in [-0.25, -0.2) is 0 Å². The van der Waals surface area contributed by atoms with E-state index in [9.17, 15) is 4.79 Å². The van der Waals surface area contributed by atoms with E-state index in [-0.39, 0.29) is 11.9 Å². The normalized spacial score (nSPS) is 12.2. The van der Waals surface area contributed by atoms with Crippen molar-refractivity contribution in [2.45, 2.75) is 39.7 Å². The van der Waals surface area contributed by atoms with Gasteiger partial charge in [-0.3, -0.25) is 4.79 Å². The number of hydrogen-bond donors (Lipinski definition) is 1. The molecule has 0 fully saturated rings. The molecule has 1 aromatic carbocycles. The van der Waals surface area contributed by atoms with Crippen molar-refractivity contribution in [3.8, 4) is 11.3 Å². The lowest BCUT2D eigenvalue weighted by Crippen LogP contribution is -2.32. The second kappa shape index (κ2) is 6.37. The predicted octanol–water partition coefficient (Wildman–Crippen LogP) is 3.57. The molecule has 1 atom stereocenters. The second-order valence-corrected chi connectivity index (χ2v) is 5.11. The summed E-state index contributed by atoms with van der Waals surface area (Å²) in [6.45, 7) is 6.09. The standard InChI is InChI=1S/C16H20N2O2/c1-4-6-12(3)17-16(19)14-10-15(20-18-14)13-8-5-7-11(2)9-13/h5,7-10,12H,4,6H2,1-3H3,(H,17,19)/t12-/m0/s1. The molecule has 0 unspecified atom stereocenters. The molecule has 1 N–H and O–H groups in total. The Labute approximate surface area is 119 Å². The molecule has 106 valence electrons. The van der Waals surface area contributed by atoms with Crippen LogP contribution < -0.4 is 5.32 Å². The van der Waals surface area contributed by atoms with Crippen LogP contribution in [0.25, 0.3) is 11.3 Å². The molecule has 1 amide bonds. The Morgan fingerprint density at radius 2 is 2.20 bits per heavy atom. The minimum Gasteiger partial charge on any atom is -0.355 e. The molecule has 4 nitrogen and oxygen atoms in total. The fourth-order valence-electron chi connectivity index (χ4n) is 2.12. The molecule has 20 heavy (non-hydrogen) atoms. The van der Waals surface area contributed by atoms with E-state index >= 15 is 0 Å². The van der Waals surface area contributed by atoms with Crippen LogP contribution in [0.4, 0.5) is 0 Å². The second-order valence-electron chi connectivity index (χ2n) is 5.11. The Kier molecular flexibility index (Phi) is 4.56. The summed E-state index contributed by atoms with van der Waals surface area (Å²) in [4.78, 5) is 12.0.